The van der Waals surface area contributed by atoms with Gasteiger partial charge in [0.1, 0.15) is 11.8 Å². The van der Waals surface area contributed by atoms with E-state index >= 15 is 0 Å². The highest BCUT2D eigenvalue weighted by Gasteiger charge is 2.76. The molecule has 3 aliphatic carbocycles. The summed E-state index contributed by atoms with van der Waals surface area (Å²) >= 11 is 0. The second-order valence-electron chi connectivity index (χ2n) is 9.47. The third kappa shape index (κ3) is 1.47. The van der Waals surface area contributed by atoms with Crippen molar-refractivity contribution in [2.24, 2.45) is 17.1 Å². The molecule has 1 amide bonds. The van der Waals surface area contributed by atoms with Crippen molar-refractivity contribution >= 4 is 5.91 Å². The summed E-state index contributed by atoms with van der Waals surface area (Å²) < 4.78 is 1.11. The first-order chi connectivity index (χ1) is 11.3. The maximum absolute atomic E-state index is 11.8. The van der Waals surface area contributed by atoms with Gasteiger partial charge in [0.05, 0.1) is 31.6 Å². The van der Waals surface area contributed by atoms with E-state index in [1.807, 2.05) is 0 Å². The lowest BCUT2D eigenvalue weighted by Crippen LogP contribution is -2.73. The number of carbonyl (C=O) groups is 1. The van der Waals surface area contributed by atoms with Crippen LogP contribution in [0.25, 0.3) is 0 Å². The SMILES string of the molecule is C[N+]1(C)CC23Cc4ccc(C(N)=O)c(O)c4[C@]4(CCCCC4[C@@H]21)C3. The molecule has 3 N–H and O–H groups in total. The van der Waals surface area contributed by atoms with Gasteiger partial charge in [-0.1, -0.05) is 18.9 Å². The molecule has 1 heterocycles. The number of amides is 1. The van der Waals surface area contributed by atoms with Crippen LogP contribution in [0.5, 0.6) is 5.75 Å². The molecule has 1 aromatic rings. The van der Waals surface area contributed by atoms with Crippen molar-refractivity contribution in [3.8, 4) is 5.75 Å². The topological polar surface area (TPSA) is 63.3 Å². The highest BCUT2D eigenvalue weighted by molar-refractivity contribution is 5.96. The van der Waals surface area contributed by atoms with Crippen molar-refractivity contribution in [3.63, 3.8) is 0 Å². The Morgan fingerprint density at radius 1 is 1.33 bits per heavy atom. The molecule has 4 atom stereocenters. The smallest absolute Gasteiger partial charge is 0.252 e. The number of nitrogens with zero attached hydrogens (tertiary/aromatic N) is 1. The summed E-state index contributed by atoms with van der Waals surface area (Å²) in [6.45, 7) is 1.24. The van der Waals surface area contributed by atoms with E-state index in [0.717, 1.165) is 22.9 Å². The zero-order valence-corrected chi connectivity index (χ0v) is 14.6. The van der Waals surface area contributed by atoms with E-state index in [1.54, 1.807) is 6.07 Å². The van der Waals surface area contributed by atoms with E-state index in [-0.39, 0.29) is 11.2 Å². The van der Waals surface area contributed by atoms with Gasteiger partial charge in [0, 0.05) is 16.9 Å². The number of aromatic hydroxyl groups is 1. The molecule has 0 radical (unpaired) electrons. The Labute approximate surface area is 143 Å². The summed E-state index contributed by atoms with van der Waals surface area (Å²) in [7, 11) is 4.75. The maximum atomic E-state index is 11.8. The van der Waals surface area contributed by atoms with Crippen LogP contribution in [-0.2, 0) is 11.8 Å². The third-order valence-corrected chi connectivity index (χ3v) is 7.82. The highest BCUT2D eigenvalue weighted by atomic mass is 16.3. The molecule has 2 bridgehead atoms. The fourth-order valence-electron chi connectivity index (χ4n) is 7.82. The standard InChI is InChI=1S/C20H26N2O2/c1-22(2)11-19-9-12-6-7-13(18(21)24)16(23)15(12)20(10-19)8-4-3-5-14(20)17(19)22/h6-7,14,17H,3-5,8-11H2,1-2H3,(H2-,21,23,24)/p+1/t14?,17-,19?,20+/m0/s1. The van der Waals surface area contributed by atoms with Gasteiger partial charge in [0.2, 0.25) is 0 Å². The second kappa shape index (κ2) is 4.16. The number of carbonyl (C=O) groups excluding carboxylic acids is 1. The summed E-state index contributed by atoms with van der Waals surface area (Å²) in [5.41, 5.74) is 8.66. The maximum Gasteiger partial charge on any atom is 0.252 e. The Morgan fingerprint density at radius 2 is 2.12 bits per heavy atom. The van der Waals surface area contributed by atoms with Crippen LogP contribution in [0.2, 0.25) is 0 Å². The van der Waals surface area contributed by atoms with Gasteiger partial charge >= 0.3 is 0 Å². The molecule has 2 spiro atoms. The van der Waals surface area contributed by atoms with E-state index in [4.69, 9.17) is 5.73 Å². The van der Waals surface area contributed by atoms with Crippen molar-refractivity contribution < 1.29 is 14.4 Å². The first-order valence-electron chi connectivity index (χ1n) is 9.29. The van der Waals surface area contributed by atoms with Crippen LogP contribution in [0, 0.1) is 11.3 Å². The number of phenols is 1. The lowest BCUT2D eigenvalue weighted by molar-refractivity contribution is -0.979. The van der Waals surface area contributed by atoms with Crippen LogP contribution < -0.4 is 5.73 Å². The van der Waals surface area contributed by atoms with Crippen molar-refractivity contribution in [3.05, 3.63) is 28.8 Å². The molecule has 1 aromatic carbocycles. The number of quaternary nitrogens is 1. The summed E-state index contributed by atoms with van der Waals surface area (Å²) in [6.07, 6.45) is 7.18. The van der Waals surface area contributed by atoms with Gasteiger partial charge < -0.3 is 15.3 Å². The molecule has 4 nitrogen and oxygen atoms in total. The number of primary amides is 1. The Bertz CT molecular complexity index is 771. The second-order valence-corrected chi connectivity index (χ2v) is 9.47. The van der Waals surface area contributed by atoms with Gasteiger partial charge in [-0.3, -0.25) is 4.79 Å². The van der Waals surface area contributed by atoms with E-state index < -0.39 is 5.91 Å². The lowest BCUT2D eigenvalue weighted by atomic mass is 9.59. The molecule has 4 heteroatoms. The summed E-state index contributed by atoms with van der Waals surface area (Å²) in [6, 6.07) is 4.51. The quantitative estimate of drug-likeness (QED) is 0.778. The Morgan fingerprint density at radius 3 is 2.83 bits per heavy atom. The van der Waals surface area contributed by atoms with Crippen LogP contribution >= 0.6 is 0 Å². The Kier molecular flexibility index (Phi) is 2.56. The molecule has 2 saturated carbocycles. The average molecular weight is 327 g/mol. The van der Waals surface area contributed by atoms with E-state index in [2.05, 4.69) is 20.2 Å². The number of fused-ring (bicyclic) bond motifs is 2. The first-order valence-corrected chi connectivity index (χ1v) is 9.29. The largest absolute Gasteiger partial charge is 0.507 e. The summed E-state index contributed by atoms with van der Waals surface area (Å²) in [5, 5.41) is 11.0. The van der Waals surface area contributed by atoms with Gasteiger partial charge in [-0.05, 0) is 37.3 Å². The predicted molar refractivity (Wildman–Crippen MR) is 91.8 cm³/mol. The molecule has 5 rings (SSSR count). The zero-order chi connectivity index (χ0) is 16.9. The number of likely N-dealkylation sites (tertiary alicyclic amines) is 1. The van der Waals surface area contributed by atoms with Gasteiger partial charge in [0.25, 0.3) is 5.91 Å². The Hall–Kier alpha value is -1.55. The number of nitrogens with two attached hydrogens (primary N) is 1. The first kappa shape index (κ1) is 14.8. The molecule has 3 fully saturated rings. The van der Waals surface area contributed by atoms with E-state index in [0.29, 0.717) is 22.9 Å². The molecule has 24 heavy (non-hydrogen) atoms. The normalized spacial score (nSPS) is 40.9. The minimum Gasteiger partial charge on any atom is -0.507 e. The predicted octanol–water partition coefficient (Wildman–Crippen LogP) is 2.32. The fourth-order valence-corrected chi connectivity index (χ4v) is 7.82. The van der Waals surface area contributed by atoms with Gasteiger partial charge in [-0.15, -0.1) is 0 Å². The van der Waals surface area contributed by atoms with Crippen LogP contribution in [0.3, 0.4) is 0 Å². The highest BCUT2D eigenvalue weighted by Crippen LogP contribution is 2.72. The molecule has 4 aliphatic rings. The van der Waals surface area contributed by atoms with Crippen LogP contribution in [0.15, 0.2) is 12.1 Å². The lowest BCUT2D eigenvalue weighted by Gasteiger charge is -2.59. The minimum atomic E-state index is -0.517. The van der Waals surface area contributed by atoms with Gasteiger partial charge in [-0.25, -0.2) is 0 Å². The van der Waals surface area contributed by atoms with Crippen molar-refractivity contribution in [2.75, 3.05) is 20.6 Å². The Balaban J connectivity index is 1.76. The van der Waals surface area contributed by atoms with E-state index in [9.17, 15) is 9.90 Å². The van der Waals surface area contributed by atoms with Gasteiger partial charge in [-0.2, -0.15) is 0 Å². The fraction of sp³-hybridized carbons (Fsp3) is 0.650. The molecular formula is C20H27N2O2+. The number of benzene rings is 1. The molecule has 1 aliphatic heterocycles. The summed E-state index contributed by atoms with van der Waals surface area (Å²) in [5.74, 6) is 0.301. The number of hydrogen-bond donors (Lipinski definition) is 2. The van der Waals surface area contributed by atoms with Crippen molar-refractivity contribution in [1.82, 2.24) is 0 Å². The van der Waals surface area contributed by atoms with E-state index in [1.165, 1.54) is 37.8 Å². The van der Waals surface area contributed by atoms with Crippen LogP contribution in [-0.4, -0.2) is 42.2 Å². The molecule has 0 aromatic heterocycles. The van der Waals surface area contributed by atoms with Crippen molar-refractivity contribution in [1.29, 1.82) is 0 Å². The third-order valence-electron chi connectivity index (χ3n) is 7.82. The van der Waals surface area contributed by atoms with Crippen LogP contribution in [0.1, 0.15) is 53.6 Å². The number of rotatable bonds is 1. The monoisotopic (exact) mass is 327 g/mol. The average Bonchev–Trinajstić information content (AvgIpc) is 2.67. The summed E-state index contributed by atoms with van der Waals surface area (Å²) in [4.78, 5) is 11.8. The minimum absolute atomic E-state index is 0.0675. The molecule has 128 valence electrons. The van der Waals surface area contributed by atoms with Crippen LogP contribution in [0.4, 0.5) is 0 Å². The van der Waals surface area contributed by atoms with Crippen molar-refractivity contribution in [2.45, 2.75) is 50.0 Å². The number of hydrogen-bond acceptors (Lipinski definition) is 2. The molecular weight excluding hydrogens is 300 g/mol. The van der Waals surface area contributed by atoms with Gasteiger partial charge in [0.15, 0.2) is 0 Å². The molecule has 1 saturated heterocycles. The molecule has 2 unspecified atom stereocenters. The zero-order valence-electron chi connectivity index (χ0n) is 14.6.